The molecule has 1 rings (SSSR count). The van der Waals surface area contributed by atoms with Crippen LogP contribution in [-0.4, -0.2) is 12.2 Å². The Morgan fingerprint density at radius 1 is 1.36 bits per heavy atom. The molecule has 0 aliphatic rings. The maximum atomic E-state index is 12.9. The number of rotatable bonds is 2. The van der Waals surface area contributed by atoms with E-state index in [-0.39, 0.29) is 5.56 Å². The fraction of sp³-hybridized carbons (Fsp3) is 0.250. The molecule has 1 aromatic rings. The lowest BCUT2D eigenvalue weighted by atomic mass is 10.2. The molecule has 0 fully saturated rings. The highest BCUT2D eigenvalue weighted by Crippen LogP contribution is 2.22. The second kappa shape index (κ2) is 2.98. The Hall–Kier alpha value is -0.930. The Labute approximate surface area is 64.2 Å². The van der Waals surface area contributed by atoms with Gasteiger partial charge in [-0.3, -0.25) is 0 Å². The number of halogens is 1. The van der Waals surface area contributed by atoms with Crippen LogP contribution in [0.1, 0.15) is 5.56 Å². The van der Waals surface area contributed by atoms with Crippen molar-refractivity contribution in [2.45, 2.75) is 6.04 Å². The average molecular weight is 156 g/mol. The normalized spacial score (nSPS) is 15.9. The van der Waals surface area contributed by atoms with E-state index in [9.17, 15) is 4.39 Å². The van der Waals surface area contributed by atoms with Crippen molar-refractivity contribution < 1.29 is 14.2 Å². The predicted molar refractivity (Wildman–Crippen MR) is 38.5 cm³/mol. The minimum Gasteiger partial charge on any atom is -0.336 e. The van der Waals surface area contributed by atoms with Gasteiger partial charge in [0.05, 0.1) is 0 Å². The largest absolute Gasteiger partial charge is 0.345 e. The first-order chi connectivity index (χ1) is 5.17. The number of hydrogen-bond donors (Lipinski definition) is 1. The number of ether oxygens (including phenoxy) is 1. The summed E-state index contributed by atoms with van der Waals surface area (Å²) < 4.78 is 17.1. The molecule has 1 aromatic carbocycles. The Bertz CT molecular complexity index is 221. The van der Waals surface area contributed by atoms with Gasteiger partial charge in [-0.1, -0.05) is 30.3 Å². The van der Waals surface area contributed by atoms with E-state index in [1.54, 1.807) is 18.2 Å². The minimum absolute atomic E-state index is 0.0995. The second-order valence-electron chi connectivity index (χ2n) is 2.13. The van der Waals surface area contributed by atoms with E-state index in [0.29, 0.717) is 0 Å². The molecule has 1 unspecified atom stereocenters. The first kappa shape index (κ1) is 8.17. The van der Waals surface area contributed by atoms with Gasteiger partial charge in [0, 0.05) is 12.7 Å². The summed E-state index contributed by atoms with van der Waals surface area (Å²) in [6, 6.07) is 5.21. The molecule has 60 valence electrons. The average Bonchev–Trinajstić information content (AvgIpc) is 2.06. The Morgan fingerprint density at radius 2 is 1.91 bits per heavy atom. The van der Waals surface area contributed by atoms with Gasteiger partial charge in [0.2, 0.25) is 0 Å². The van der Waals surface area contributed by atoms with Crippen molar-refractivity contribution >= 4 is 0 Å². The number of aliphatic hydroxyl groups is 1. The van der Waals surface area contributed by atoms with Crippen molar-refractivity contribution in [3.63, 3.8) is 0 Å². The van der Waals surface area contributed by atoms with Crippen molar-refractivity contribution in [2.24, 2.45) is 0 Å². The van der Waals surface area contributed by atoms with Gasteiger partial charge in [0.25, 0.3) is 0 Å². The van der Waals surface area contributed by atoms with Crippen molar-refractivity contribution in [3.8, 4) is 0 Å². The highest BCUT2D eigenvalue weighted by atomic mass is 19.2. The Morgan fingerprint density at radius 3 is 2.36 bits per heavy atom. The molecular formula is C8H9FO2. The molecule has 3 heteroatoms. The van der Waals surface area contributed by atoms with Gasteiger partial charge in [-0.15, -0.1) is 0 Å². The first-order valence-corrected chi connectivity index (χ1v) is 3.19. The van der Waals surface area contributed by atoms with Crippen LogP contribution in [0.15, 0.2) is 30.3 Å². The fourth-order valence-corrected chi connectivity index (χ4v) is 0.762. The van der Waals surface area contributed by atoms with Crippen LogP contribution in [0.4, 0.5) is 4.39 Å². The topological polar surface area (TPSA) is 29.5 Å². The van der Waals surface area contributed by atoms with Crippen LogP contribution in [0, 0.1) is 0 Å². The third-order valence-corrected chi connectivity index (χ3v) is 1.40. The van der Waals surface area contributed by atoms with Crippen LogP contribution in [0.2, 0.25) is 0 Å². The van der Waals surface area contributed by atoms with E-state index in [1.807, 2.05) is 0 Å². The van der Waals surface area contributed by atoms with E-state index in [4.69, 9.17) is 5.11 Å². The standard InChI is InChI=1S/C8H9FO2/c1-11-8(9,10)7-5-3-2-4-6-7/h2-6,10H,1H3. The number of benzene rings is 1. The molecular weight excluding hydrogens is 147 g/mol. The molecule has 1 atom stereocenters. The molecule has 0 aromatic heterocycles. The van der Waals surface area contributed by atoms with E-state index in [2.05, 4.69) is 4.74 Å². The summed E-state index contributed by atoms with van der Waals surface area (Å²) in [5, 5.41) is 8.91. The fourth-order valence-electron chi connectivity index (χ4n) is 0.762. The van der Waals surface area contributed by atoms with Gasteiger partial charge < -0.3 is 9.84 Å². The maximum Gasteiger partial charge on any atom is 0.345 e. The van der Waals surface area contributed by atoms with Crippen molar-refractivity contribution in [3.05, 3.63) is 35.9 Å². The molecule has 11 heavy (non-hydrogen) atoms. The molecule has 2 nitrogen and oxygen atoms in total. The molecule has 0 aliphatic carbocycles. The second-order valence-corrected chi connectivity index (χ2v) is 2.13. The predicted octanol–water partition coefficient (Wildman–Crippen LogP) is 1.41. The first-order valence-electron chi connectivity index (χ1n) is 3.19. The summed E-state index contributed by atoms with van der Waals surface area (Å²) in [6.07, 6.45) is 0. The summed E-state index contributed by atoms with van der Waals surface area (Å²) >= 11 is 0. The van der Waals surface area contributed by atoms with Crippen molar-refractivity contribution in [1.29, 1.82) is 0 Å². The summed E-state index contributed by atoms with van der Waals surface area (Å²) in [4.78, 5) is 0. The molecule has 0 heterocycles. The lowest BCUT2D eigenvalue weighted by Crippen LogP contribution is -2.21. The lowest BCUT2D eigenvalue weighted by Gasteiger charge is -2.15. The van der Waals surface area contributed by atoms with E-state index in [0.717, 1.165) is 7.11 Å². The quantitative estimate of drug-likeness (QED) is 0.656. The molecule has 0 saturated carbocycles. The Balaban J connectivity index is 2.93. The van der Waals surface area contributed by atoms with Crippen molar-refractivity contribution in [2.75, 3.05) is 7.11 Å². The zero-order valence-electron chi connectivity index (χ0n) is 6.12. The van der Waals surface area contributed by atoms with Crippen LogP contribution in [-0.2, 0) is 10.8 Å². The maximum absolute atomic E-state index is 12.9. The highest BCUT2D eigenvalue weighted by Gasteiger charge is 2.27. The van der Waals surface area contributed by atoms with Gasteiger partial charge in [-0.05, 0) is 0 Å². The van der Waals surface area contributed by atoms with E-state index < -0.39 is 6.04 Å². The molecule has 0 bridgehead atoms. The van der Waals surface area contributed by atoms with Gasteiger partial charge >= 0.3 is 6.04 Å². The lowest BCUT2D eigenvalue weighted by molar-refractivity contribution is -0.287. The molecule has 0 aliphatic heterocycles. The molecule has 0 spiro atoms. The molecule has 0 saturated heterocycles. The van der Waals surface area contributed by atoms with Crippen LogP contribution < -0.4 is 0 Å². The smallest absolute Gasteiger partial charge is 0.336 e. The number of methoxy groups -OCH3 is 1. The molecule has 1 N–H and O–H groups in total. The van der Waals surface area contributed by atoms with Gasteiger partial charge in [0.15, 0.2) is 0 Å². The van der Waals surface area contributed by atoms with Gasteiger partial charge in [-0.25, -0.2) is 0 Å². The highest BCUT2D eigenvalue weighted by molar-refractivity contribution is 5.17. The van der Waals surface area contributed by atoms with Crippen LogP contribution in [0.5, 0.6) is 0 Å². The van der Waals surface area contributed by atoms with E-state index >= 15 is 0 Å². The third-order valence-electron chi connectivity index (χ3n) is 1.40. The van der Waals surface area contributed by atoms with Crippen LogP contribution >= 0.6 is 0 Å². The Kier molecular flexibility index (Phi) is 2.22. The van der Waals surface area contributed by atoms with Gasteiger partial charge in [0.1, 0.15) is 0 Å². The molecule has 0 radical (unpaired) electrons. The third kappa shape index (κ3) is 1.76. The summed E-state index contributed by atoms with van der Waals surface area (Å²) in [7, 11) is 1.10. The number of hydrogen-bond acceptors (Lipinski definition) is 2. The van der Waals surface area contributed by atoms with Crippen LogP contribution in [0.3, 0.4) is 0 Å². The minimum atomic E-state index is -2.67. The summed E-state index contributed by atoms with van der Waals surface area (Å²) in [5.74, 6) is 0. The van der Waals surface area contributed by atoms with Crippen molar-refractivity contribution in [1.82, 2.24) is 0 Å². The zero-order valence-corrected chi connectivity index (χ0v) is 6.12. The summed E-state index contributed by atoms with van der Waals surface area (Å²) in [6.45, 7) is 0. The monoisotopic (exact) mass is 156 g/mol. The van der Waals surface area contributed by atoms with Crippen LogP contribution in [0.25, 0.3) is 0 Å². The SMILES string of the molecule is COC(O)(F)c1ccccc1. The molecule has 0 amide bonds. The number of alkyl halides is 1. The zero-order chi connectivity index (χ0) is 8.32. The summed E-state index contributed by atoms with van der Waals surface area (Å²) in [5.41, 5.74) is 0.0995. The van der Waals surface area contributed by atoms with E-state index in [1.165, 1.54) is 12.1 Å². The van der Waals surface area contributed by atoms with Gasteiger partial charge in [-0.2, -0.15) is 4.39 Å².